The lowest BCUT2D eigenvalue weighted by molar-refractivity contribution is -0.121. The number of aromatic nitrogens is 1. The summed E-state index contributed by atoms with van der Waals surface area (Å²) in [6, 6.07) is 14.4. The van der Waals surface area contributed by atoms with Crippen molar-refractivity contribution in [3.8, 4) is 11.5 Å². The van der Waals surface area contributed by atoms with E-state index >= 15 is 0 Å². The molecule has 1 aromatic heterocycles. The molecule has 39 heavy (non-hydrogen) atoms. The van der Waals surface area contributed by atoms with Crippen LogP contribution in [-0.4, -0.2) is 31.2 Å². The van der Waals surface area contributed by atoms with Gasteiger partial charge in [-0.25, -0.2) is 0 Å². The van der Waals surface area contributed by atoms with E-state index in [2.05, 4.69) is 41.8 Å². The standard InChI is InChI=1S/C33H45N3O3/c1-3-4-5-6-7-18-32(37)35-24-25-19-20-30(31(23-25)38-2)39-22-13-12-21-34-33-26-14-8-10-16-28(26)36-29-17-11-9-15-27(29)33/h8,10,14,16,19-20,23H,3-7,9,11-13,15,17-18,21-22,24H2,1-2H3,(H,34,36)(H,35,37). The molecule has 0 aliphatic heterocycles. The summed E-state index contributed by atoms with van der Waals surface area (Å²) in [4.78, 5) is 17.1. The molecule has 0 radical (unpaired) electrons. The number of benzene rings is 2. The molecule has 1 aliphatic carbocycles. The minimum Gasteiger partial charge on any atom is -0.493 e. The number of nitrogens with one attached hydrogen (secondary N) is 2. The summed E-state index contributed by atoms with van der Waals surface area (Å²) in [6.07, 6.45) is 13.0. The molecule has 4 rings (SSSR count). The van der Waals surface area contributed by atoms with Gasteiger partial charge in [-0.1, -0.05) is 56.9 Å². The molecule has 6 heteroatoms. The average Bonchev–Trinajstić information content (AvgIpc) is 2.97. The van der Waals surface area contributed by atoms with Crippen molar-refractivity contribution in [1.82, 2.24) is 10.3 Å². The number of nitrogens with zero attached hydrogens (tertiary/aromatic N) is 1. The Morgan fingerprint density at radius 3 is 2.67 bits per heavy atom. The van der Waals surface area contributed by atoms with Crippen LogP contribution in [0.2, 0.25) is 0 Å². The van der Waals surface area contributed by atoms with Gasteiger partial charge in [0.25, 0.3) is 0 Å². The van der Waals surface area contributed by atoms with Crippen molar-refractivity contribution in [2.75, 3.05) is 25.6 Å². The van der Waals surface area contributed by atoms with E-state index in [1.807, 2.05) is 18.2 Å². The molecule has 0 saturated heterocycles. The molecule has 0 bridgehead atoms. The number of ether oxygens (including phenoxy) is 2. The number of carbonyl (C=O) groups excluding carboxylic acids is 1. The van der Waals surface area contributed by atoms with E-state index in [4.69, 9.17) is 14.5 Å². The van der Waals surface area contributed by atoms with E-state index in [0.717, 1.165) is 61.9 Å². The fourth-order valence-corrected chi connectivity index (χ4v) is 5.32. The second kappa shape index (κ2) is 15.3. The molecule has 6 nitrogen and oxygen atoms in total. The molecule has 3 aromatic rings. The molecule has 1 heterocycles. The number of amides is 1. The summed E-state index contributed by atoms with van der Waals surface area (Å²) in [7, 11) is 1.66. The first-order valence-electron chi connectivity index (χ1n) is 14.9. The minimum atomic E-state index is 0.111. The highest BCUT2D eigenvalue weighted by Gasteiger charge is 2.17. The van der Waals surface area contributed by atoms with Crippen molar-refractivity contribution < 1.29 is 14.3 Å². The predicted octanol–water partition coefficient (Wildman–Crippen LogP) is 7.37. The Morgan fingerprint density at radius 1 is 0.949 bits per heavy atom. The molecule has 1 amide bonds. The van der Waals surface area contributed by atoms with Gasteiger partial charge in [0.1, 0.15) is 0 Å². The van der Waals surface area contributed by atoms with Crippen LogP contribution in [0.3, 0.4) is 0 Å². The highest BCUT2D eigenvalue weighted by molar-refractivity contribution is 5.93. The molecule has 1 aliphatic rings. The minimum absolute atomic E-state index is 0.111. The van der Waals surface area contributed by atoms with Gasteiger partial charge in [-0.2, -0.15) is 0 Å². The van der Waals surface area contributed by atoms with E-state index in [0.29, 0.717) is 25.3 Å². The van der Waals surface area contributed by atoms with Crippen LogP contribution >= 0.6 is 0 Å². The number of unbranched alkanes of at least 4 members (excludes halogenated alkanes) is 5. The number of pyridine rings is 1. The number of rotatable bonds is 16. The van der Waals surface area contributed by atoms with Gasteiger partial charge in [-0.15, -0.1) is 0 Å². The van der Waals surface area contributed by atoms with Crippen LogP contribution < -0.4 is 20.1 Å². The SMILES string of the molecule is CCCCCCCC(=O)NCc1ccc(OCCCCNc2c3c(nc4ccccc24)CCCC3)c(OC)c1. The Hall–Kier alpha value is -3.28. The summed E-state index contributed by atoms with van der Waals surface area (Å²) >= 11 is 0. The number of carbonyl (C=O) groups is 1. The Labute approximate surface area is 233 Å². The summed E-state index contributed by atoms with van der Waals surface area (Å²) in [5.74, 6) is 1.56. The van der Waals surface area contributed by atoms with Crippen LogP contribution in [0.1, 0.15) is 88.0 Å². The van der Waals surface area contributed by atoms with Crippen LogP contribution in [0, 0.1) is 0 Å². The second-order valence-electron chi connectivity index (χ2n) is 10.5. The molecular weight excluding hydrogens is 486 g/mol. The number of para-hydroxylation sites is 1. The van der Waals surface area contributed by atoms with E-state index < -0.39 is 0 Å². The van der Waals surface area contributed by atoms with Gasteiger partial charge in [-0.05, 0) is 74.3 Å². The topological polar surface area (TPSA) is 72.5 Å². The van der Waals surface area contributed by atoms with Gasteiger partial charge in [0.2, 0.25) is 5.91 Å². The first-order chi connectivity index (χ1) is 19.2. The number of hydrogen-bond donors (Lipinski definition) is 2. The maximum atomic E-state index is 12.1. The number of anilines is 1. The van der Waals surface area contributed by atoms with Crippen molar-refractivity contribution in [2.45, 2.75) is 90.5 Å². The molecule has 0 atom stereocenters. The normalized spacial score (nSPS) is 12.7. The van der Waals surface area contributed by atoms with Crippen molar-refractivity contribution in [3.63, 3.8) is 0 Å². The van der Waals surface area contributed by atoms with Crippen LogP contribution in [0.15, 0.2) is 42.5 Å². The van der Waals surface area contributed by atoms with E-state index in [9.17, 15) is 4.79 Å². The van der Waals surface area contributed by atoms with Crippen molar-refractivity contribution in [3.05, 3.63) is 59.3 Å². The van der Waals surface area contributed by atoms with Gasteiger partial charge >= 0.3 is 0 Å². The number of fused-ring (bicyclic) bond motifs is 2. The fraction of sp³-hybridized carbons (Fsp3) is 0.515. The fourth-order valence-electron chi connectivity index (χ4n) is 5.32. The predicted molar refractivity (Wildman–Crippen MR) is 160 cm³/mol. The number of hydrogen-bond acceptors (Lipinski definition) is 5. The Morgan fingerprint density at radius 2 is 1.79 bits per heavy atom. The summed E-state index contributed by atoms with van der Waals surface area (Å²) in [5.41, 5.74) is 6.04. The Bertz CT molecular complexity index is 1210. The lowest BCUT2D eigenvalue weighted by Gasteiger charge is -2.21. The molecule has 210 valence electrons. The third kappa shape index (κ3) is 8.35. The van der Waals surface area contributed by atoms with Crippen LogP contribution in [0.25, 0.3) is 10.9 Å². The monoisotopic (exact) mass is 531 g/mol. The molecule has 0 unspecified atom stereocenters. The highest BCUT2D eigenvalue weighted by Crippen LogP contribution is 2.33. The van der Waals surface area contributed by atoms with E-state index in [1.54, 1.807) is 7.11 Å². The van der Waals surface area contributed by atoms with Gasteiger partial charge in [0.05, 0.1) is 19.2 Å². The maximum Gasteiger partial charge on any atom is 0.220 e. The molecule has 0 spiro atoms. The average molecular weight is 532 g/mol. The molecule has 0 fully saturated rings. The lowest BCUT2D eigenvalue weighted by Crippen LogP contribution is -2.22. The third-order valence-corrected chi connectivity index (χ3v) is 7.52. The molecule has 0 saturated carbocycles. The van der Waals surface area contributed by atoms with Crippen molar-refractivity contribution in [2.24, 2.45) is 0 Å². The van der Waals surface area contributed by atoms with E-state index in [1.165, 1.54) is 54.4 Å². The van der Waals surface area contributed by atoms with Gasteiger partial charge in [0.15, 0.2) is 11.5 Å². The van der Waals surface area contributed by atoms with Gasteiger partial charge < -0.3 is 20.1 Å². The lowest BCUT2D eigenvalue weighted by atomic mass is 9.92. The van der Waals surface area contributed by atoms with E-state index in [-0.39, 0.29) is 5.91 Å². The van der Waals surface area contributed by atoms with Crippen LogP contribution in [0.5, 0.6) is 11.5 Å². The number of aryl methyl sites for hydroxylation is 1. The quantitative estimate of drug-likeness (QED) is 0.189. The summed E-state index contributed by atoms with van der Waals surface area (Å²) < 4.78 is 11.6. The van der Waals surface area contributed by atoms with Crippen molar-refractivity contribution >= 4 is 22.5 Å². The Balaban J connectivity index is 1.20. The van der Waals surface area contributed by atoms with Crippen LogP contribution in [-0.2, 0) is 24.2 Å². The zero-order valence-electron chi connectivity index (χ0n) is 23.8. The zero-order chi connectivity index (χ0) is 27.3. The van der Waals surface area contributed by atoms with Crippen molar-refractivity contribution in [1.29, 1.82) is 0 Å². The molecule has 2 aromatic carbocycles. The largest absolute Gasteiger partial charge is 0.493 e. The zero-order valence-corrected chi connectivity index (χ0v) is 23.8. The highest BCUT2D eigenvalue weighted by atomic mass is 16.5. The third-order valence-electron chi connectivity index (χ3n) is 7.52. The number of methoxy groups -OCH3 is 1. The van der Waals surface area contributed by atoms with Gasteiger partial charge in [-0.3, -0.25) is 9.78 Å². The first-order valence-corrected chi connectivity index (χ1v) is 14.9. The summed E-state index contributed by atoms with van der Waals surface area (Å²) in [6.45, 7) is 4.23. The second-order valence-corrected chi connectivity index (χ2v) is 10.5. The van der Waals surface area contributed by atoms with Crippen LogP contribution in [0.4, 0.5) is 5.69 Å². The smallest absolute Gasteiger partial charge is 0.220 e. The first kappa shape index (κ1) is 28.7. The molecular formula is C33H45N3O3. The summed E-state index contributed by atoms with van der Waals surface area (Å²) in [5, 5.41) is 7.98. The Kier molecular flexibility index (Phi) is 11.3. The maximum absolute atomic E-state index is 12.1. The van der Waals surface area contributed by atoms with Gasteiger partial charge in [0, 0.05) is 36.3 Å². The molecule has 2 N–H and O–H groups in total.